The van der Waals surface area contributed by atoms with Gasteiger partial charge in [0.2, 0.25) is 0 Å². The number of ketones is 1. The molecule has 3 heterocycles. The molecule has 5 heteroatoms. The van der Waals surface area contributed by atoms with Crippen LogP contribution in [0.5, 0.6) is 0 Å². The summed E-state index contributed by atoms with van der Waals surface area (Å²) in [4.78, 5) is 25.3. The van der Waals surface area contributed by atoms with E-state index in [1.165, 1.54) is 5.56 Å². The Labute approximate surface area is 170 Å². The summed E-state index contributed by atoms with van der Waals surface area (Å²) in [5.41, 5.74) is 4.45. The van der Waals surface area contributed by atoms with Crippen molar-refractivity contribution in [2.45, 2.75) is 33.2 Å². The lowest BCUT2D eigenvalue weighted by molar-refractivity contribution is 0.0815. The van der Waals surface area contributed by atoms with Crippen LogP contribution in [0.25, 0.3) is 11.4 Å². The van der Waals surface area contributed by atoms with Crippen LogP contribution in [0, 0.1) is 19.8 Å². The molecule has 4 rings (SSSR count). The van der Waals surface area contributed by atoms with Gasteiger partial charge in [-0.25, -0.2) is 9.97 Å². The number of carbonyl (C=O) groups is 1. The molecule has 144 valence electrons. The fourth-order valence-electron chi connectivity index (χ4n) is 3.88. The van der Waals surface area contributed by atoms with Gasteiger partial charge in [0.1, 0.15) is 0 Å². The van der Waals surface area contributed by atoms with E-state index in [4.69, 9.17) is 0 Å². The summed E-state index contributed by atoms with van der Waals surface area (Å²) in [5, 5.41) is 2.01. The van der Waals surface area contributed by atoms with Crippen molar-refractivity contribution < 1.29 is 4.79 Å². The van der Waals surface area contributed by atoms with Gasteiger partial charge in [0.05, 0.1) is 4.88 Å². The summed E-state index contributed by atoms with van der Waals surface area (Å²) in [6.07, 6.45) is 5.88. The number of nitrogens with zero attached hydrogens (tertiary/aromatic N) is 3. The van der Waals surface area contributed by atoms with Gasteiger partial charge in [0.25, 0.3) is 0 Å². The number of likely N-dealkylation sites (tertiary alicyclic amines) is 1. The van der Waals surface area contributed by atoms with Crippen LogP contribution in [-0.4, -0.2) is 33.7 Å². The van der Waals surface area contributed by atoms with Crippen molar-refractivity contribution in [1.82, 2.24) is 14.9 Å². The van der Waals surface area contributed by atoms with Gasteiger partial charge in [-0.1, -0.05) is 24.3 Å². The summed E-state index contributed by atoms with van der Waals surface area (Å²) in [6, 6.07) is 10.2. The average Bonchev–Trinajstić information content (AvgIpc) is 3.15. The van der Waals surface area contributed by atoms with Crippen molar-refractivity contribution in [3.63, 3.8) is 0 Å². The number of carbonyl (C=O) groups excluding carboxylic acids is 1. The number of Topliss-reactive ketones (excluding diaryl/α,β-unsaturated/α-hetero) is 1. The van der Waals surface area contributed by atoms with Gasteiger partial charge in [-0.05, 0) is 55.8 Å². The zero-order valence-corrected chi connectivity index (χ0v) is 17.2. The lowest BCUT2D eigenvalue weighted by atomic mass is 9.92. The summed E-state index contributed by atoms with van der Waals surface area (Å²) < 4.78 is 0. The van der Waals surface area contributed by atoms with Crippen LogP contribution in [-0.2, 0) is 6.54 Å². The summed E-state index contributed by atoms with van der Waals surface area (Å²) in [6.45, 7) is 6.73. The lowest BCUT2D eigenvalue weighted by Crippen LogP contribution is -2.38. The monoisotopic (exact) mass is 391 g/mol. The highest BCUT2D eigenvalue weighted by Crippen LogP contribution is 2.26. The van der Waals surface area contributed by atoms with Crippen LogP contribution >= 0.6 is 11.3 Å². The van der Waals surface area contributed by atoms with Crippen molar-refractivity contribution in [2.75, 3.05) is 13.1 Å². The molecule has 0 amide bonds. The van der Waals surface area contributed by atoms with E-state index in [2.05, 4.69) is 33.9 Å². The van der Waals surface area contributed by atoms with Crippen LogP contribution in [0.15, 0.2) is 48.1 Å². The minimum Gasteiger partial charge on any atom is -0.298 e. The zero-order valence-electron chi connectivity index (χ0n) is 16.4. The van der Waals surface area contributed by atoms with Crippen molar-refractivity contribution in [3.8, 4) is 11.4 Å². The second-order valence-electron chi connectivity index (χ2n) is 7.60. The van der Waals surface area contributed by atoms with Gasteiger partial charge in [0, 0.05) is 42.5 Å². The topological polar surface area (TPSA) is 46.1 Å². The molecule has 28 heavy (non-hydrogen) atoms. The highest BCUT2D eigenvalue weighted by atomic mass is 32.1. The first-order chi connectivity index (χ1) is 13.6. The predicted molar refractivity (Wildman–Crippen MR) is 114 cm³/mol. The van der Waals surface area contributed by atoms with Crippen LogP contribution < -0.4 is 0 Å². The number of rotatable bonds is 5. The third kappa shape index (κ3) is 4.05. The Kier molecular flexibility index (Phi) is 5.64. The Morgan fingerprint density at radius 2 is 1.93 bits per heavy atom. The van der Waals surface area contributed by atoms with E-state index in [1.54, 1.807) is 11.3 Å². The Morgan fingerprint density at radius 1 is 1.14 bits per heavy atom. The summed E-state index contributed by atoms with van der Waals surface area (Å²) >= 11 is 1.57. The minimum absolute atomic E-state index is 0.0956. The van der Waals surface area contributed by atoms with E-state index in [1.807, 2.05) is 42.9 Å². The zero-order chi connectivity index (χ0) is 19.5. The van der Waals surface area contributed by atoms with Gasteiger partial charge >= 0.3 is 0 Å². The molecule has 0 N–H and O–H groups in total. The van der Waals surface area contributed by atoms with E-state index in [9.17, 15) is 4.79 Å². The number of aryl methyl sites for hydroxylation is 2. The Morgan fingerprint density at radius 3 is 2.64 bits per heavy atom. The Hall–Kier alpha value is -2.37. The van der Waals surface area contributed by atoms with E-state index < -0.39 is 0 Å². The van der Waals surface area contributed by atoms with Gasteiger partial charge in [0.15, 0.2) is 11.6 Å². The number of thiophene rings is 1. The molecule has 0 saturated carbocycles. The van der Waals surface area contributed by atoms with Gasteiger partial charge in [-0.15, -0.1) is 11.3 Å². The average molecular weight is 392 g/mol. The predicted octanol–water partition coefficient (Wildman–Crippen LogP) is 4.92. The van der Waals surface area contributed by atoms with Crippen molar-refractivity contribution >= 4 is 17.1 Å². The molecular formula is C23H25N3OS. The fourth-order valence-corrected chi connectivity index (χ4v) is 4.83. The molecule has 1 aromatic carbocycles. The van der Waals surface area contributed by atoms with Gasteiger partial charge in [-0.2, -0.15) is 0 Å². The van der Waals surface area contributed by atoms with Crippen LogP contribution in [0.4, 0.5) is 0 Å². The molecular weight excluding hydrogens is 366 g/mol. The number of hydrogen-bond acceptors (Lipinski definition) is 5. The molecule has 3 aromatic rings. The van der Waals surface area contributed by atoms with Crippen LogP contribution in [0.1, 0.15) is 39.2 Å². The standard InChI is InChI=1S/C23H25N3OS/c1-16-6-3-4-8-20(16)23-24-12-18(13-25-23)14-26-10-5-7-19(15-26)21(27)22-17(2)9-11-28-22/h3-4,6,8-9,11-13,19H,5,7,10,14-15H2,1-2H3/t19-/m1/s1. The Bertz CT molecular complexity index is 964. The van der Waals surface area contributed by atoms with Crippen molar-refractivity contribution in [1.29, 1.82) is 0 Å². The van der Waals surface area contributed by atoms with Gasteiger partial charge in [-0.3, -0.25) is 9.69 Å². The summed E-state index contributed by atoms with van der Waals surface area (Å²) in [5.74, 6) is 1.17. The molecule has 1 aliphatic rings. The first-order valence-electron chi connectivity index (χ1n) is 9.79. The third-order valence-electron chi connectivity index (χ3n) is 5.46. The van der Waals surface area contributed by atoms with E-state index in [-0.39, 0.29) is 5.92 Å². The molecule has 0 spiro atoms. The molecule has 0 unspecified atom stereocenters. The molecule has 2 aromatic heterocycles. The molecule has 0 aliphatic carbocycles. The lowest BCUT2D eigenvalue weighted by Gasteiger charge is -2.31. The second-order valence-corrected chi connectivity index (χ2v) is 8.52. The van der Waals surface area contributed by atoms with Crippen molar-refractivity contribution in [2.24, 2.45) is 5.92 Å². The highest BCUT2D eigenvalue weighted by molar-refractivity contribution is 7.12. The highest BCUT2D eigenvalue weighted by Gasteiger charge is 2.28. The largest absolute Gasteiger partial charge is 0.298 e. The molecule has 1 fully saturated rings. The Balaban J connectivity index is 1.42. The third-order valence-corrected chi connectivity index (χ3v) is 6.49. The second kappa shape index (κ2) is 8.33. The normalized spacial score (nSPS) is 17.6. The van der Waals surface area contributed by atoms with E-state index in [0.29, 0.717) is 5.78 Å². The van der Waals surface area contributed by atoms with Crippen LogP contribution in [0.2, 0.25) is 0 Å². The van der Waals surface area contributed by atoms with Crippen molar-refractivity contribution in [3.05, 3.63) is 69.7 Å². The minimum atomic E-state index is 0.0956. The first-order valence-corrected chi connectivity index (χ1v) is 10.7. The van der Waals surface area contributed by atoms with Crippen LogP contribution in [0.3, 0.4) is 0 Å². The smallest absolute Gasteiger partial charge is 0.177 e. The maximum atomic E-state index is 12.9. The number of piperidine rings is 1. The van der Waals surface area contributed by atoms with E-state index >= 15 is 0 Å². The SMILES string of the molecule is Cc1ccccc1-c1ncc(CN2CCC[C@@H](C(=O)c3sccc3C)C2)cn1. The van der Waals surface area contributed by atoms with Gasteiger partial charge < -0.3 is 0 Å². The quantitative estimate of drug-likeness (QED) is 0.579. The fraction of sp³-hybridized carbons (Fsp3) is 0.348. The molecule has 4 nitrogen and oxygen atoms in total. The number of aromatic nitrogens is 2. The number of benzene rings is 1. The molecule has 1 atom stereocenters. The van der Waals surface area contributed by atoms with E-state index in [0.717, 1.165) is 59.9 Å². The number of hydrogen-bond donors (Lipinski definition) is 0. The molecule has 0 bridgehead atoms. The first kappa shape index (κ1) is 19.0. The molecule has 1 saturated heterocycles. The summed E-state index contributed by atoms with van der Waals surface area (Å²) in [7, 11) is 0. The molecule has 0 radical (unpaired) electrons. The molecule has 1 aliphatic heterocycles. The maximum absolute atomic E-state index is 12.9. The maximum Gasteiger partial charge on any atom is 0.177 e.